The minimum absolute atomic E-state index is 0.487. The second-order valence-electron chi connectivity index (χ2n) is 7.66. The fourth-order valence-corrected chi connectivity index (χ4v) is 3.71. The Hall–Kier alpha value is -2.62. The maximum absolute atomic E-state index is 11.7. The van der Waals surface area contributed by atoms with Crippen molar-refractivity contribution in [2.24, 2.45) is 0 Å². The molecule has 2 aromatic rings. The topological polar surface area (TPSA) is 32.7 Å². The highest BCUT2D eigenvalue weighted by Gasteiger charge is 2.33. The Balaban J connectivity index is 1.97. The lowest BCUT2D eigenvalue weighted by Gasteiger charge is -2.32. The molecule has 3 nitrogen and oxygen atoms in total. The molecule has 152 valence electrons. The van der Waals surface area contributed by atoms with E-state index in [-0.39, 0.29) is 0 Å². The van der Waals surface area contributed by atoms with E-state index in [9.17, 15) is 5.11 Å². The number of allylic oxidation sites excluding steroid dienone is 2. The molecule has 0 aromatic heterocycles. The summed E-state index contributed by atoms with van der Waals surface area (Å²) in [6.45, 7) is 3.64. The van der Waals surface area contributed by atoms with E-state index in [4.69, 9.17) is 4.74 Å². The number of benzene rings is 2. The molecule has 0 saturated heterocycles. The molecule has 0 heterocycles. The molecule has 0 radical (unpaired) electrons. The summed E-state index contributed by atoms with van der Waals surface area (Å²) in [5.74, 6) is 0.821. The van der Waals surface area contributed by atoms with Gasteiger partial charge in [-0.2, -0.15) is 0 Å². The van der Waals surface area contributed by atoms with E-state index in [0.29, 0.717) is 13.0 Å². The Morgan fingerprint density at radius 2 is 1.62 bits per heavy atom. The third-order valence-corrected chi connectivity index (χ3v) is 5.22. The van der Waals surface area contributed by atoms with E-state index in [1.54, 1.807) is 0 Å². The van der Waals surface area contributed by atoms with Gasteiger partial charge in [0.05, 0.1) is 0 Å². The van der Waals surface area contributed by atoms with Crippen molar-refractivity contribution in [2.45, 2.75) is 25.4 Å². The average molecular weight is 390 g/mol. The average Bonchev–Trinajstić information content (AvgIpc) is 2.74. The molecular weight excluding hydrogens is 358 g/mol. The van der Waals surface area contributed by atoms with Crippen molar-refractivity contribution < 1.29 is 9.84 Å². The first kappa shape index (κ1) is 21.1. The van der Waals surface area contributed by atoms with Crippen LogP contribution in [0.5, 0.6) is 0 Å². The van der Waals surface area contributed by atoms with Gasteiger partial charge in [-0.25, -0.2) is 0 Å². The van der Waals surface area contributed by atoms with E-state index in [2.05, 4.69) is 36.1 Å². The molecule has 3 heteroatoms. The van der Waals surface area contributed by atoms with E-state index in [0.717, 1.165) is 41.0 Å². The van der Waals surface area contributed by atoms with E-state index in [1.807, 2.05) is 68.7 Å². The normalized spacial score (nSPS) is 19.7. The predicted molar refractivity (Wildman–Crippen MR) is 121 cm³/mol. The molecule has 0 fully saturated rings. The van der Waals surface area contributed by atoms with Crippen molar-refractivity contribution in [2.75, 3.05) is 27.2 Å². The Morgan fingerprint density at radius 1 is 1.00 bits per heavy atom. The SMILES string of the molecule is CCC(=C(c1ccccc1)C1(O)C=CC(OCCN(C)C)=CC1)c1ccccc1. The summed E-state index contributed by atoms with van der Waals surface area (Å²) in [4.78, 5) is 2.09. The number of hydrogen-bond acceptors (Lipinski definition) is 3. The van der Waals surface area contributed by atoms with Gasteiger partial charge in [0.1, 0.15) is 18.0 Å². The molecule has 0 spiro atoms. The van der Waals surface area contributed by atoms with E-state index >= 15 is 0 Å². The van der Waals surface area contributed by atoms with Crippen molar-refractivity contribution in [3.8, 4) is 0 Å². The Labute approximate surface area is 174 Å². The summed E-state index contributed by atoms with van der Waals surface area (Å²) < 4.78 is 5.85. The van der Waals surface area contributed by atoms with Crippen LogP contribution in [0.3, 0.4) is 0 Å². The standard InChI is InChI=1S/C26H31NO2/c1-4-24(21-11-7-5-8-12-21)25(22-13-9-6-10-14-22)26(28)17-15-23(16-18-26)29-20-19-27(2)3/h5-17,28H,4,18-20H2,1-3H3. The van der Waals surface area contributed by atoms with Crippen molar-refractivity contribution in [3.63, 3.8) is 0 Å². The first-order valence-electron chi connectivity index (χ1n) is 10.3. The van der Waals surface area contributed by atoms with Gasteiger partial charge in [-0.1, -0.05) is 67.6 Å². The predicted octanol–water partition coefficient (Wildman–Crippen LogP) is 5.16. The third kappa shape index (κ3) is 5.26. The van der Waals surface area contributed by atoms with Crippen molar-refractivity contribution in [1.82, 2.24) is 4.90 Å². The Bertz CT molecular complexity index is 881. The zero-order valence-corrected chi connectivity index (χ0v) is 17.6. The number of ether oxygens (including phenoxy) is 1. The number of nitrogens with zero attached hydrogens (tertiary/aromatic N) is 1. The van der Waals surface area contributed by atoms with Crippen LogP contribution < -0.4 is 0 Å². The van der Waals surface area contributed by atoms with Crippen LogP contribution in [0, 0.1) is 0 Å². The highest BCUT2D eigenvalue weighted by atomic mass is 16.5. The minimum atomic E-state index is -1.07. The summed E-state index contributed by atoms with van der Waals surface area (Å²) in [7, 11) is 4.06. The summed E-state index contributed by atoms with van der Waals surface area (Å²) in [5.41, 5.74) is 3.25. The molecule has 1 aliphatic carbocycles. The molecule has 29 heavy (non-hydrogen) atoms. The van der Waals surface area contributed by atoms with Crippen molar-refractivity contribution >= 4 is 11.1 Å². The lowest BCUT2D eigenvalue weighted by Crippen LogP contribution is -2.30. The molecule has 3 rings (SSSR count). The number of hydrogen-bond donors (Lipinski definition) is 1. The van der Waals surface area contributed by atoms with Crippen molar-refractivity contribution in [1.29, 1.82) is 0 Å². The molecule has 1 N–H and O–H groups in total. The lowest BCUT2D eigenvalue weighted by molar-refractivity contribution is 0.144. The smallest absolute Gasteiger partial charge is 0.115 e. The van der Waals surface area contributed by atoms with Crippen LogP contribution in [0.2, 0.25) is 0 Å². The summed E-state index contributed by atoms with van der Waals surface area (Å²) in [6.07, 6.45) is 7.11. The van der Waals surface area contributed by atoms with Crippen LogP contribution in [-0.4, -0.2) is 42.9 Å². The summed E-state index contributed by atoms with van der Waals surface area (Å²) in [5, 5.41) is 11.7. The molecule has 0 aliphatic heterocycles. The third-order valence-electron chi connectivity index (χ3n) is 5.22. The molecule has 1 atom stereocenters. The maximum Gasteiger partial charge on any atom is 0.115 e. The minimum Gasteiger partial charge on any atom is -0.493 e. The number of aliphatic hydroxyl groups is 1. The lowest BCUT2D eigenvalue weighted by atomic mass is 9.78. The summed E-state index contributed by atoms with van der Waals surface area (Å²) in [6, 6.07) is 20.5. The zero-order chi connectivity index (χ0) is 20.7. The van der Waals surface area contributed by atoms with E-state index < -0.39 is 5.60 Å². The van der Waals surface area contributed by atoms with Crippen LogP contribution >= 0.6 is 0 Å². The first-order valence-corrected chi connectivity index (χ1v) is 10.3. The first-order chi connectivity index (χ1) is 14.0. The molecule has 0 saturated carbocycles. The van der Waals surface area contributed by atoms with Crippen LogP contribution in [0.25, 0.3) is 11.1 Å². The molecule has 0 amide bonds. The molecule has 0 bridgehead atoms. The Kier molecular flexibility index (Phi) is 7.08. The quantitative estimate of drug-likeness (QED) is 0.633. The second kappa shape index (κ2) is 9.73. The van der Waals surface area contributed by atoms with E-state index in [1.165, 1.54) is 0 Å². The van der Waals surface area contributed by atoms with Gasteiger partial charge in [-0.3, -0.25) is 0 Å². The summed E-state index contributed by atoms with van der Waals surface area (Å²) >= 11 is 0. The van der Waals surface area contributed by atoms with Gasteiger partial charge in [0.2, 0.25) is 0 Å². The maximum atomic E-state index is 11.7. The Morgan fingerprint density at radius 3 is 2.14 bits per heavy atom. The van der Waals surface area contributed by atoms with Crippen LogP contribution in [0.15, 0.2) is 84.7 Å². The molecule has 2 aromatic carbocycles. The van der Waals surface area contributed by atoms with Crippen LogP contribution in [-0.2, 0) is 4.74 Å². The molecular formula is C26H31NO2. The van der Waals surface area contributed by atoms with Crippen LogP contribution in [0.4, 0.5) is 0 Å². The molecule has 1 unspecified atom stereocenters. The fraction of sp³-hybridized carbons (Fsp3) is 0.308. The monoisotopic (exact) mass is 389 g/mol. The van der Waals surface area contributed by atoms with Gasteiger partial charge >= 0.3 is 0 Å². The van der Waals surface area contributed by atoms with Crippen LogP contribution in [0.1, 0.15) is 30.9 Å². The van der Waals surface area contributed by atoms with Gasteiger partial charge in [0.25, 0.3) is 0 Å². The largest absolute Gasteiger partial charge is 0.493 e. The molecule has 1 aliphatic rings. The second-order valence-corrected chi connectivity index (χ2v) is 7.66. The number of rotatable bonds is 8. The van der Waals surface area contributed by atoms with Gasteiger partial charge in [0.15, 0.2) is 0 Å². The van der Waals surface area contributed by atoms with Gasteiger partial charge in [-0.15, -0.1) is 0 Å². The van der Waals surface area contributed by atoms with Gasteiger partial charge in [-0.05, 0) is 61.0 Å². The highest BCUT2D eigenvalue weighted by Crippen LogP contribution is 2.41. The zero-order valence-electron chi connectivity index (χ0n) is 17.6. The highest BCUT2D eigenvalue weighted by molar-refractivity contribution is 5.95. The number of likely N-dealkylation sites (N-methyl/N-ethyl adjacent to an activating group) is 1. The fourth-order valence-electron chi connectivity index (χ4n) is 3.71. The van der Waals surface area contributed by atoms with Crippen molar-refractivity contribution in [3.05, 3.63) is 95.8 Å². The van der Waals surface area contributed by atoms with Gasteiger partial charge < -0.3 is 14.7 Å². The van der Waals surface area contributed by atoms with Gasteiger partial charge in [0, 0.05) is 13.0 Å².